The van der Waals surface area contributed by atoms with Gasteiger partial charge in [-0.25, -0.2) is 0 Å². The van der Waals surface area contributed by atoms with Crippen LogP contribution in [-0.2, 0) is 19.6 Å². The van der Waals surface area contributed by atoms with E-state index >= 15 is 0 Å². The molecule has 1 aromatic heterocycles. The van der Waals surface area contributed by atoms with E-state index in [9.17, 15) is 5.11 Å². The molecule has 0 aliphatic rings. The van der Waals surface area contributed by atoms with Gasteiger partial charge in [-0.15, -0.1) is 0 Å². The Kier molecular flexibility index (Phi) is 4.61. The van der Waals surface area contributed by atoms with Crippen LogP contribution in [0.3, 0.4) is 0 Å². The number of aliphatic hydroxyl groups excluding tert-OH is 1. The highest BCUT2D eigenvalue weighted by atomic mass is 35.5. The maximum absolute atomic E-state index is 9.26. The van der Waals surface area contributed by atoms with Crippen LogP contribution in [0.5, 0.6) is 0 Å². The summed E-state index contributed by atoms with van der Waals surface area (Å²) >= 11 is 6.13. The summed E-state index contributed by atoms with van der Waals surface area (Å²) in [5.74, 6) is 0.524. The fraction of sp³-hybridized carbons (Fsp3) is 0.727. The molecule has 0 saturated heterocycles. The van der Waals surface area contributed by atoms with Gasteiger partial charge in [-0.2, -0.15) is 5.10 Å². The first kappa shape index (κ1) is 12.5. The average molecular weight is 231 g/mol. The van der Waals surface area contributed by atoms with Crippen LogP contribution in [0.25, 0.3) is 0 Å². The lowest BCUT2D eigenvalue weighted by Crippen LogP contribution is -2.01. The molecule has 86 valence electrons. The highest BCUT2D eigenvalue weighted by Crippen LogP contribution is 2.22. The molecule has 1 N–H and O–H groups in total. The molecule has 0 saturated carbocycles. The third kappa shape index (κ3) is 2.95. The first-order valence-corrected chi connectivity index (χ1v) is 5.82. The van der Waals surface area contributed by atoms with Crippen molar-refractivity contribution in [3.05, 3.63) is 16.4 Å². The second kappa shape index (κ2) is 5.52. The number of rotatable bonds is 5. The van der Waals surface area contributed by atoms with Gasteiger partial charge in [0.1, 0.15) is 5.15 Å². The van der Waals surface area contributed by atoms with E-state index in [0.717, 1.165) is 30.6 Å². The van der Waals surface area contributed by atoms with Crippen LogP contribution < -0.4 is 0 Å². The first-order valence-electron chi connectivity index (χ1n) is 5.45. The maximum atomic E-state index is 9.26. The van der Waals surface area contributed by atoms with E-state index in [4.69, 9.17) is 11.6 Å². The summed E-state index contributed by atoms with van der Waals surface area (Å²) in [4.78, 5) is 0. The van der Waals surface area contributed by atoms with Gasteiger partial charge in [0.2, 0.25) is 0 Å². The summed E-state index contributed by atoms with van der Waals surface area (Å²) < 4.78 is 1.78. The van der Waals surface area contributed by atoms with Crippen LogP contribution in [0.4, 0.5) is 0 Å². The van der Waals surface area contributed by atoms with Gasteiger partial charge in [-0.1, -0.05) is 32.4 Å². The van der Waals surface area contributed by atoms with Gasteiger partial charge in [-0.3, -0.25) is 4.68 Å². The molecule has 0 radical (unpaired) electrons. The predicted molar refractivity (Wildman–Crippen MR) is 62.0 cm³/mol. The number of halogens is 1. The molecule has 0 bridgehead atoms. The lowest BCUT2D eigenvalue weighted by Gasteiger charge is -2.02. The lowest BCUT2D eigenvalue weighted by atomic mass is 10.1. The van der Waals surface area contributed by atoms with Gasteiger partial charge < -0.3 is 5.11 Å². The standard InChI is InChI=1S/C11H19ClN2O/c1-4-5-14-11(12)9(7-15)10(13-14)6-8(2)3/h8,15H,4-7H2,1-3H3. The molecular weight excluding hydrogens is 212 g/mol. The minimum atomic E-state index is -0.0232. The smallest absolute Gasteiger partial charge is 0.132 e. The lowest BCUT2D eigenvalue weighted by molar-refractivity contribution is 0.280. The molecule has 15 heavy (non-hydrogen) atoms. The zero-order valence-electron chi connectivity index (χ0n) is 9.63. The largest absolute Gasteiger partial charge is 0.391 e. The average Bonchev–Trinajstić information content (AvgIpc) is 2.43. The Labute approximate surface area is 96.1 Å². The zero-order valence-corrected chi connectivity index (χ0v) is 10.4. The van der Waals surface area contributed by atoms with E-state index in [0.29, 0.717) is 11.1 Å². The number of aromatic nitrogens is 2. The van der Waals surface area contributed by atoms with E-state index in [1.807, 2.05) is 0 Å². The fourth-order valence-corrected chi connectivity index (χ4v) is 1.88. The molecule has 0 aromatic carbocycles. The molecule has 1 rings (SSSR count). The maximum Gasteiger partial charge on any atom is 0.132 e. The minimum absolute atomic E-state index is 0.0232. The molecule has 4 heteroatoms. The Morgan fingerprint density at radius 2 is 2.13 bits per heavy atom. The third-order valence-electron chi connectivity index (χ3n) is 2.26. The normalized spacial score (nSPS) is 11.3. The van der Waals surface area contributed by atoms with Crippen LogP contribution in [0.15, 0.2) is 0 Å². The topological polar surface area (TPSA) is 38.0 Å². The predicted octanol–water partition coefficient (Wildman–Crippen LogP) is 2.64. The molecule has 0 aliphatic heterocycles. The van der Waals surface area contributed by atoms with Crippen molar-refractivity contribution in [2.45, 2.75) is 46.8 Å². The van der Waals surface area contributed by atoms with E-state index in [1.54, 1.807) is 4.68 Å². The summed E-state index contributed by atoms with van der Waals surface area (Å²) in [6.45, 7) is 7.13. The summed E-state index contributed by atoms with van der Waals surface area (Å²) in [5, 5.41) is 14.3. The van der Waals surface area contributed by atoms with Crippen molar-refractivity contribution in [1.82, 2.24) is 9.78 Å². The molecule has 3 nitrogen and oxygen atoms in total. The van der Waals surface area contributed by atoms with E-state index in [1.165, 1.54) is 0 Å². The Hall–Kier alpha value is -0.540. The minimum Gasteiger partial charge on any atom is -0.391 e. The second-order valence-corrected chi connectivity index (χ2v) is 4.55. The quantitative estimate of drug-likeness (QED) is 0.845. The van der Waals surface area contributed by atoms with E-state index in [2.05, 4.69) is 25.9 Å². The highest BCUT2D eigenvalue weighted by Gasteiger charge is 2.15. The molecule has 0 aliphatic carbocycles. The third-order valence-corrected chi connectivity index (χ3v) is 2.68. The van der Waals surface area contributed by atoms with Crippen LogP contribution in [0.1, 0.15) is 38.4 Å². The van der Waals surface area contributed by atoms with Crippen molar-refractivity contribution in [3.63, 3.8) is 0 Å². The van der Waals surface area contributed by atoms with Crippen molar-refractivity contribution >= 4 is 11.6 Å². The van der Waals surface area contributed by atoms with Crippen LogP contribution in [-0.4, -0.2) is 14.9 Å². The molecule has 1 heterocycles. The number of aliphatic hydroxyl groups is 1. The van der Waals surface area contributed by atoms with Gasteiger partial charge in [-0.05, 0) is 18.8 Å². The van der Waals surface area contributed by atoms with Crippen molar-refractivity contribution in [3.8, 4) is 0 Å². The van der Waals surface area contributed by atoms with Gasteiger partial charge in [0, 0.05) is 12.1 Å². The zero-order chi connectivity index (χ0) is 11.4. The molecule has 0 spiro atoms. The summed E-state index contributed by atoms with van der Waals surface area (Å²) in [6, 6.07) is 0. The molecule has 0 atom stereocenters. The number of aryl methyl sites for hydroxylation is 1. The van der Waals surface area contributed by atoms with Crippen LogP contribution in [0.2, 0.25) is 5.15 Å². The highest BCUT2D eigenvalue weighted by molar-refractivity contribution is 6.30. The fourth-order valence-electron chi connectivity index (χ4n) is 1.59. The van der Waals surface area contributed by atoms with Crippen molar-refractivity contribution < 1.29 is 5.11 Å². The summed E-state index contributed by atoms with van der Waals surface area (Å²) in [6.07, 6.45) is 1.86. The molecular formula is C11H19ClN2O. The first-order chi connectivity index (χ1) is 7.10. The summed E-state index contributed by atoms with van der Waals surface area (Å²) in [7, 11) is 0. The van der Waals surface area contributed by atoms with Gasteiger partial charge in [0.25, 0.3) is 0 Å². The van der Waals surface area contributed by atoms with Crippen molar-refractivity contribution in [2.24, 2.45) is 5.92 Å². The second-order valence-electron chi connectivity index (χ2n) is 4.20. The van der Waals surface area contributed by atoms with Crippen LogP contribution >= 0.6 is 11.6 Å². The number of nitrogens with zero attached hydrogens (tertiary/aromatic N) is 2. The Morgan fingerprint density at radius 3 is 2.60 bits per heavy atom. The Balaban J connectivity index is 2.98. The molecule has 0 amide bonds. The molecule has 1 aromatic rings. The van der Waals surface area contributed by atoms with E-state index < -0.39 is 0 Å². The Bertz CT molecular complexity index is 321. The number of hydrogen-bond donors (Lipinski definition) is 1. The van der Waals surface area contributed by atoms with Gasteiger partial charge in [0.05, 0.1) is 12.3 Å². The van der Waals surface area contributed by atoms with E-state index in [-0.39, 0.29) is 6.61 Å². The molecule has 0 fully saturated rings. The van der Waals surface area contributed by atoms with Crippen molar-refractivity contribution in [2.75, 3.05) is 0 Å². The van der Waals surface area contributed by atoms with Gasteiger partial charge >= 0.3 is 0 Å². The SMILES string of the molecule is CCCn1nc(CC(C)C)c(CO)c1Cl. The number of hydrogen-bond acceptors (Lipinski definition) is 2. The van der Waals surface area contributed by atoms with Gasteiger partial charge in [0.15, 0.2) is 0 Å². The van der Waals surface area contributed by atoms with Crippen molar-refractivity contribution in [1.29, 1.82) is 0 Å². The van der Waals surface area contributed by atoms with Crippen LogP contribution in [0, 0.1) is 5.92 Å². The Morgan fingerprint density at radius 1 is 1.47 bits per heavy atom. The monoisotopic (exact) mass is 230 g/mol. The summed E-state index contributed by atoms with van der Waals surface area (Å²) in [5.41, 5.74) is 1.73. The molecule has 0 unspecified atom stereocenters.